The van der Waals surface area contributed by atoms with Gasteiger partial charge in [-0.3, -0.25) is 14.8 Å². The van der Waals surface area contributed by atoms with Crippen molar-refractivity contribution in [2.24, 2.45) is 5.41 Å². The minimum Gasteiger partial charge on any atom is -0.481 e. The lowest BCUT2D eigenvalue weighted by atomic mass is 9.77. The molecule has 0 bridgehead atoms. The molecule has 0 spiro atoms. The number of aromatic nitrogens is 2. The zero-order chi connectivity index (χ0) is 17.2. The fourth-order valence-corrected chi connectivity index (χ4v) is 3.55. The van der Waals surface area contributed by atoms with Crippen LogP contribution in [-0.2, 0) is 11.3 Å². The van der Waals surface area contributed by atoms with Gasteiger partial charge in [0.15, 0.2) is 0 Å². The van der Waals surface area contributed by atoms with E-state index >= 15 is 0 Å². The van der Waals surface area contributed by atoms with Crippen LogP contribution in [0.5, 0.6) is 0 Å². The lowest BCUT2D eigenvalue weighted by Crippen LogP contribution is -2.47. The second-order valence-electron chi connectivity index (χ2n) is 6.50. The fraction of sp³-hybridized carbons (Fsp3) is 0.444. The van der Waals surface area contributed by atoms with Crippen molar-refractivity contribution in [1.82, 2.24) is 15.1 Å². The first-order chi connectivity index (χ1) is 11.6. The quantitative estimate of drug-likeness (QED) is 0.882. The molecule has 3 rings (SSSR count). The Morgan fingerprint density at radius 3 is 2.96 bits per heavy atom. The number of nitrogens with one attached hydrogen (secondary N) is 1. The van der Waals surface area contributed by atoms with Crippen molar-refractivity contribution in [3.8, 4) is 11.3 Å². The number of aliphatic carboxylic acids is 1. The van der Waals surface area contributed by atoms with Crippen LogP contribution in [0, 0.1) is 11.2 Å². The highest BCUT2D eigenvalue weighted by molar-refractivity contribution is 5.75. The number of hydrogen-bond donors (Lipinski definition) is 2. The van der Waals surface area contributed by atoms with Gasteiger partial charge in [-0.05, 0) is 37.9 Å². The number of carbonyl (C=O) groups is 1. The summed E-state index contributed by atoms with van der Waals surface area (Å²) in [6, 6.07) is 6.59. The van der Waals surface area contributed by atoms with Crippen LogP contribution in [0.1, 0.15) is 31.7 Å². The Hall–Kier alpha value is -2.21. The minimum absolute atomic E-state index is 0.296. The molecule has 2 N–H and O–H groups in total. The average Bonchev–Trinajstić information content (AvgIpc) is 3.03. The summed E-state index contributed by atoms with van der Waals surface area (Å²) in [6.45, 7) is 3.85. The van der Waals surface area contributed by atoms with Gasteiger partial charge in [-0.1, -0.05) is 19.1 Å². The monoisotopic (exact) mass is 331 g/mol. The van der Waals surface area contributed by atoms with Gasteiger partial charge in [-0.25, -0.2) is 4.39 Å². The van der Waals surface area contributed by atoms with Gasteiger partial charge in [-0.2, -0.15) is 5.10 Å². The van der Waals surface area contributed by atoms with Gasteiger partial charge in [-0.15, -0.1) is 0 Å². The van der Waals surface area contributed by atoms with E-state index in [1.165, 1.54) is 6.07 Å². The number of likely N-dealkylation sites (tertiary alicyclic amines) is 1. The summed E-state index contributed by atoms with van der Waals surface area (Å²) < 4.78 is 14.1. The van der Waals surface area contributed by atoms with Crippen LogP contribution in [0.2, 0.25) is 0 Å². The molecule has 1 aliphatic rings. The maximum atomic E-state index is 14.1. The smallest absolute Gasteiger partial charge is 0.310 e. The molecule has 128 valence electrons. The summed E-state index contributed by atoms with van der Waals surface area (Å²) >= 11 is 0. The molecule has 1 fully saturated rings. The van der Waals surface area contributed by atoms with Crippen molar-refractivity contribution < 1.29 is 14.3 Å². The van der Waals surface area contributed by atoms with Gasteiger partial charge >= 0.3 is 5.97 Å². The molecule has 0 radical (unpaired) electrons. The highest BCUT2D eigenvalue weighted by Crippen LogP contribution is 2.35. The van der Waals surface area contributed by atoms with Crippen LogP contribution in [-0.4, -0.2) is 39.3 Å². The standard InChI is InChI=1S/C18H22FN3O2/c1-2-18(17(23)24)8-5-9-22(12-18)11-13-10-20-21-16(13)14-6-3-4-7-15(14)19/h3-4,6-7,10H,2,5,8-9,11-12H2,1H3,(H,20,21)(H,23,24). The molecule has 1 aromatic carbocycles. The fourth-order valence-electron chi connectivity index (χ4n) is 3.55. The molecule has 1 aromatic heterocycles. The summed E-state index contributed by atoms with van der Waals surface area (Å²) in [5.41, 5.74) is 1.36. The molecule has 1 atom stereocenters. The molecule has 6 heteroatoms. The number of carboxylic acids is 1. The van der Waals surface area contributed by atoms with E-state index in [2.05, 4.69) is 15.1 Å². The zero-order valence-corrected chi connectivity index (χ0v) is 13.8. The highest BCUT2D eigenvalue weighted by Gasteiger charge is 2.40. The van der Waals surface area contributed by atoms with Crippen molar-refractivity contribution in [2.45, 2.75) is 32.7 Å². The van der Waals surface area contributed by atoms with Gasteiger partial charge in [0.05, 0.1) is 17.3 Å². The summed E-state index contributed by atoms with van der Waals surface area (Å²) in [6.07, 6.45) is 3.88. The number of carboxylic acid groups (broad SMARTS) is 1. The van der Waals surface area contributed by atoms with Crippen LogP contribution in [0.25, 0.3) is 11.3 Å². The number of benzene rings is 1. The minimum atomic E-state index is -0.726. The first kappa shape index (κ1) is 16.6. The summed E-state index contributed by atoms with van der Waals surface area (Å²) in [5, 5.41) is 16.5. The molecule has 2 heterocycles. The molecular formula is C18H22FN3O2. The lowest BCUT2D eigenvalue weighted by Gasteiger charge is -2.39. The van der Waals surface area contributed by atoms with Crippen LogP contribution in [0.3, 0.4) is 0 Å². The van der Waals surface area contributed by atoms with E-state index in [0.29, 0.717) is 37.2 Å². The molecule has 1 aliphatic heterocycles. The molecule has 1 saturated heterocycles. The normalized spacial score (nSPS) is 21.8. The summed E-state index contributed by atoms with van der Waals surface area (Å²) in [4.78, 5) is 13.8. The maximum Gasteiger partial charge on any atom is 0.310 e. The molecule has 0 amide bonds. The summed E-state index contributed by atoms with van der Waals surface area (Å²) in [5.74, 6) is -1.02. The van der Waals surface area contributed by atoms with Gasteiger partial charge in [0, 0.05) is 24.2 Å². The number of nitrogens with zero attached hydrogens (tertiary/aromatic N) is 2. The molecule has 5 nitrogen and oxygen atoms in total. The van der Waals surface area contributed by atoms with Gasteiger partial charge in [0.2, 0.25) is 0 Å². The van der Waals surface area contributed by atoms with E-state index < -0.39 is 11.4 Å². The Bertz CT molecular complexity index is 731. The third-order valence-corrected chi connectivity index (χ3v) is 5.04. The zero-order valence-electron chi connectivity index (χ0n) is 13.8. The van der Waals surface area contributed by atoms with Crippen LogP contribution < -0.4 is 0 Å². The van der Waals surface area contributed by atoms with Crippen molar-refractivity contribution in [3.05, 3.63) is 41.8 Å². The second-order valence-corrected chi connectivity index (χ2v) is 6.50. The first-order valence-electron chi connectivity index (χ1n) is 8.28. The number of piperidine rings is 1. The van der Waals surface area contributed by atoms with Gasteiger partial charge < -0.3 is 5.11 Å². The van der Waals surface area contributed by atoms with Crippen LogP contribution in [0.4, 0.5) is 4.39 Å². The average molecular weight is 331 g/mol. The van der Waals surface area contributed by atoms with Crippen LogP contribution in [0.15, 0.2) is 30.5 Å². The lowest BCUT2D eigenvalue weighted by molar-refractivity contribution is -0.153. The van der Waals surface area contributed by atoms with Crippen LogP contribution >= 0.6 is 0 Å². The number of rotatable bonds is 5. The molecule has 24 heavy (non-hydrogen) atoms. The van der Waals surface area contributed by atoms with E-state index in [4.69, 9.17) is 0 Å². The predicted molar refractivity (Wildman–Crippen MR) is 88.9 cm³/mol. The van der Waals surface area contributed by atoms with Gasteiger partial charge in [0.25, 0.3) is 0 Å². The Balaban J connectivity index is 1.82. The second kappa shape index (κ2) is 6.73. The third kappa shape index (κ3) is 3.06. The predicted octanol–water partition coefficient (Wildman–Crippen LogP) is 3.29. The molecule has 0 aliphatic carbocycles. The van der Waals surface area contributed by atoms with E-state index in [0.717, 1.165) is 18.5 Å². The topological polar surface area (TPSA) is 69.2 Å². The SMILES string of the molecule is CCC1(C(=O)O)CCCN(Cc2cn[nH]c2-c2ccccc2F)C1. The number of halogens is 1. The largest absolute Gasteiger partial charge is 0.481 e. The molecular weight excluding hydrogens is 309 g/mol. The van der Waals surface area contributed by atoms with E-state index in [1.807, 2.05) is 6.92 Å². The summed E-state index contributed by atoms with van der Waals surface area (Å²) in [7, 11) is 0. The Kier molecular flexibility index (Phi) is 4.66. The molecule has 2 aromatic rings. The molecule has 1 unspecified atom stereocenters. The third-order valence-electron chi connectivity index (χ3n) is 5.04. The Labute approximate surface area is 140 Å². The highest BCUT2D eigenvalue weighted by atomic mass is 19.1. The Morgan fingerprint density at radius 2 is 2.25 bits per heavy atom. The number of aromatic amines is 1. The maximum absolute atomic E-state index is 14.1. The van der Waals surface area contributed by atoms with E-state index in [-0.39, 0.29) is 5.82 Å². The van der Waals surface area contributed by atoms with Crippen molar-refractivity contribution in [3.63, 3.8) is 0 Å². The van der Waals surface area contributed by atoms with Crippen molar-refractivity contribution in [1.29, 1.82) is 0 Å². The van der Waals surface area contributed by atoms with E-state index in [9.17, 15) is 14.3 Å². The van der Waals surface area contributed by atoms with E-state index in [1.54, 1.807) is 24.4 Å². The first-order valence-corrected chi connectivity index (χ1v) is 8.28. The molecule has 0 saturated carbocycles. The Morgan fingerprint density at radius 1 is 1.46 bits per heavy atom. The van der Waals surface area contributed by atoms with Crippen molar-refractivity contribution >= 4 is 5.97 Å². The van der Waals surface area contributed by atoms with Crippen molar-refractivity contribution in [2.75, 3.05) is 13.1 Å². The number of hydrogen-bond acceptors (Lipinski definition) is 3. The number of H-pyrrole nitrogens is 1. The van der Waals surface area contributed by atoms with Gasteiger partial charge in [0.1, 0.15) is 5.82 Å².